The van der Waals surface area contributed by atoms with Gasteiger partial charge in [0.15, 0.2) is 11.5 Å². The Morgan fingerprint density at radius 2 is 1.80 bits per heavy atom. The number of esters is 1. The summed E-state index contributed by atoms with van der Waals surface area (Å²) in [5, 5.41) is 2.83. The molecule has 1 aliphatic carbocycles. The number of hydrogen-bond donors (Lipinski definition) is 2. The molecule has 25 heavy (non-hydrogen) atoms. The molecule has 1 fully saturated rings. The van der Waals surface area contributed by atoms with E-state index in [4.69, 9.17) is 19.9 Å². The van der Waals surface area contributed by atoms with Crippen molar-refractivity contribution in [3.63, 3.8) is 0 Å². The Kier molecular flexibility index (Phi) is 7.99. The van der Waals surface area contributed by atoms with Gasteiger partial charge in [0.1, 0.15) is 0 Å². The number of anilines is 1. The number of carbonyl (C=O) groups is 2. The molecule has 1 aromatic carbocycles. The molecule has 1 aromatic rings. The van der Waals surface area contributed by atoms with Gasteiger partial charge in [-0.25, -0.2) is 4.79 Å². The van der Waals surface area contributed by atoms with Crippen LogP contribution >= 0.6 is 12.4 Å². The van der Waals surface area contributed by atoms with Crippen LogP contribution in [0.5, 0.6) is 11.5 Å². The summed E-state index contributed by atoms with van der Waals surface area (Å²) in [5.41, 5.74) is 6.30. The molecule has 8 heteroatoms. The number of methoxy groups -OCH3 is 3. The molecule has 0 aliphatic heterocycles. The van der Waals surface area contributed by atoms with E-state index in [1.54, 1.807) is 6.07 Å². The van der Waals surface area contributed by atoms with Crippen LogP contribution in [0.25, 0.3) is 0 Å². The summed E-state index contributed by atoms with van der Waals surface area (Å²) in [6, 6.07) is 3.06. The zero-order valence-corrected chi connectivity index (χ0v) is 15.5. The van der Waals surface area contributed by atoms with Crippen LogP contribution in [-0.2, 0) is 9.53 Å². The summed E-state index contributed by atoms with van der Waals surface area (Å²) >= 11 is 0. The van der Waals surface area contributed by atoms with Crippen LogP contribution in [0, 0.1) is 11.8 Å². The Bertz CT molecular complexity index is 623. The monoisotopic (exact) mass is 372 g/mol. The average molecular weight is 373 g/mol. The summed E-state index contributed by atoms with van der Waals surface area (Å²) in [6.45, 7) is 0.480. The van der Waals surface area contributed by atoms with Crippen molar-refractivity contribution in [1.29, 1.82) is 0 Å². The molecular weight excluding hydrogens is 348 g/mol. The average Bonchev–Trinajstić information content (AvgIpc) is 3.09. The molecule has 0 saturated heterocycles. The molecule has 0 unspecified atom stereocenters. The van der Waals surface area contributed by atoms with Gasteiger partial charge in [0.2, 0.25) is 5.91 Å². The number of halogens is 1. The van der Waals surface area contributed by atoms with Crippen LogP contribution in [0.3, 0.4) is 0 Å². The van der Waals surface area contributed by atoms with E-state index < -0.39 is 5.97 Å². The first-order chi connectivity index (χ1) is 11.5. The summed E-state index contributed by atoms with van der Waals surface area (Å²) in [4.78, 5) is 24.6. The van der Waals surface area contributed by atoms with E-state index in [1.165, 1.54) is 27.4 Å². The highest BCUT2D eigenvalue weighted by Gasteiger charge is 2.32. The van der Waals surface area contributed by atoms with Gasteiger partial charge in [-0.15, -0.1) is 12.4 Å². The Balaban J connectivity index is 0.00000312. The van der Waals surface area contributed by atoms with E-state index in [1.807, 2.05) is 0 Å². The molecule has 140 valence electrons. The van der Waals surface area contributed by atoms with Gasteiger partial charge < -0.3 is 25.3 Å². The van der Waals surface area contributed by atoms with Gasteiger partial charge in [0.25, 0.3) is 0 Å². The number of amides is 1. The first kappa shape index (κ1) is 21.1. The van der Waals surface area contributed by atoms with Gasteiger partial charge in [-0.3, -0.25) is 4.79 Å². The summed E-state index contributed by atoms with van der Waals surface area (Å²) < 4.78 is 15.2. The van der Waals surface area contributed by atoms with Crippen LogP contribution in [0.4, 0.5) is 5.69 Å². The van der Waals surface area contributed by atoms with E-state index in [2.05, 4.69) is 5.32 Å². The fourth-order valence-electron chi connectivity index (χ4n) is 3.15. The molecule has 1 amide bonds. The van der Waals surface area contributed by atoms with Crippen molar-refractivity contribution in [3.8, 4) is 11.5 Å². The number of ether oxygens (including phenoxy) is 3. The van der Waals surface area contributed by atoms with E-state index in [-0.39, 0.29) is 35.7 Å². The van der Waals surface area contributed by atoms with Crippen LogP contribution in [0.2, 0.25) is 0 Å². The van der Waals surface area contributed by atoms with Crippen molar-refractivity contribution in [2.45, 2.75) is 19.3 Å². The highest BCUT2D eigenvalue weighted by Crippen LogP contribution is 2.36. The lowest BCUT2D eigenvalue weighted by molar-refractivity contribution is -0.120. The van der Waals surface area contributed by atoms with Crippen LogP contribution < -0.4 is 20.5 Å². The second-order valence-electron chi connectivity index (χ2n) is 5.77. The highest BCUT2D eigenvalue weighted by atomic mass is 35.5. The number of nitrogens with one attached hydrogen (secondary N) is 1. The van der Waals surface area contributed by atoms with E-state index in [0.29, 0.717) is 23.7 Å². The second-order valence-corrected chi connectivity index (χ2v) is 5.77. The zero-order valence-electron chi connectivity index (χ0n) is 14.7. The van der Waals surface area contributed by atoms with E-state index in [0.717, 1.165) is 19.3 Å². The van der Waals surface area contributed by atoms with E-state index >= 15 is 0 Å². The lowest BCUT2D eigenvalue weighted by Crippen LogP contribution is -2.30. The fourth-order valence-corrected chi connectivity index (χ4v) is 3.15. The van der Waals surface area contributed by atoms with Crippen LogP contribution in [-0.4, -0.2) is 39.8 Å². The van der Waals surface area contributed by atoms with Gasteiger partial charge in [0, 0.05) is 18.1 Å². The van der Waals surface area contributed by atoms with Gasteiger partial charge >= 0.3 is 5.97 Å². The number of benzene rings is 1. The van der Waals surface area contributed by atoms with E-state index in [9.17, 15) is 9.59 Å². The van der Waals surface area contributed by atoms with Gasteiger partial charge in [-0.05, 0) is 25.3 Å². The molecule has 2 atom stereocenters. The third-order valence-corrected chi connectivity index (χ3v) is 4.49. The molecule has 0 spiro atoms. The summed E-state index contributed by atoms with van der Waals surface area (Å²) in [5.74, 6) is 0.132. The highest BCUT2D eigenvalue weighted by molar-refractivity contribution is 6.02. The zero-order chi connectivity index (χ0) is 17.7. The number of hydrogen-bond acceptors (Lipinski definition) is 6. The lowest BCUT2D eigenvalue weighted by atomic mass is 9.95. The molecule has 0 heterocycles. The van der Waals surface area contributed by atoms with Crippen molar-refractivity contribution in [2.24, 2.45) is 17.6 Å². The SMILES string of the molecule is COC(=O)c1cc(OC)c(OC)cc1NC(=O)[C@@H]1CCC[C@@H]1CN.Cl. The fraction of sp³-hybridized carbons (Fsp3) is 0.529. The molecule has 7 nitrogen and oxygen atoms in total. The standard InChI is InChI=1S/C17H24N2O5.ClH/c1-22-14-7-12(17(21)24-3)13(8-15(14)23-2)19-16(20)11-6-4-5-10(11)9-18;/h7-8,10-11H,4-6,9,18H2,1-3H3,(H,19,20);1H/t10-,11-;/m1./s1. The third kappa shape index (κ3) is 4.55. The predicted molar refractivity (Wildman–Crippen MR) is 96.6 cm³/mol. The minimum atomic E-state index is -0.562. The van der Waals surface area contributed by atoms with Crippen LogP contribution in [0.15, 0.2) is 12.1 Å². The molecular formula is C17H25ClN2O5. The topological polar surface area (TPSA) is 99.9 Å². The minimum absolute atomic E-state index is 0. The lowest BCUT2D eigenvalue weighted by Gasteiger charge is -2.19. The minimum Gasteiger partial charge on any atom is -0.493 e. The quantitative estimate of drug-likeness (QED) is 0.743. The van der Waals surface area contributed by atoms with Crippen molar-refractivity contribution in [3.05, 3.63) is 17.7 Å². The summed E-state index contributed by atoms with van der Waals surface area (Å²) in [6.07, 6.45) is 2.73. The first-order valence-corrected chi connectivity index (χ1v) is 7.91. The molecule has 2 rings (SSSR count). The first-order valence-electron chi connectivity index (χ1n) is 7.91. The smallest absolute Gasteiger partial charge is 0.340 e. The van der Waals surface area contributed by atoms with Crippen LogP contribution in [0.1, 0.15) is 29.6 Å². The summed E-state index contributed by atoms with van der Waals surface area (Å²) in [7, 11) is 4.25. The van der Waals surface area contributed by atoms with Gasteiger partial charge in [-0.2, -0.15) is 0 Å². The Labute approximate surface area is 153 Å². The van der Waals surface area contributed by atoms with Gasteiger partial charge in [-0.1, -0.05) is 6.42 Å². The van der Waals surface area contributed by atoms with Crippen molar-refractivity contribution in [2.75, 3.05) is 33.2 Å². The maximum atomic E-state index is 12.6. The molecule has 0 aromatic heterocycles. The number of nitrogens with two attached hydrogens (primary N) is 1. The third-order valence-electron chi connectivity index (χ3n) is 4.49. The molecule has 3 N–H and O–H groups in total. The maximum Gasteiger partial charge on any atom is 0.340 e. The number of carbonyl (C=O) groups excluding carboxylic acids is 2. The molecule has 1 aliphatic rings. The molecule has 1 saturated carbocycles. The number of rotatable bonds is 6. The van der Waals surface area contributed by atoms with Crippen molar-refractivity contribution < 1.29 is 23.8 Å². The van der Waals surface area contributed by atoms with Gasteiger partial charge in [0.05, 0.1) is 32.6 Å². The Morgan fingerprint density at radius 3 is 2.36 bits per heavy atom. The molecule has 0 bridgehead atoms. The Morgan fingerprint density at radius 1 is 1.16 bits per heavy atom. The van der Waals surface area contributed by atoms with Crippen molar-refractivity contribution in [1.82, 2.24) is 0 Å². The second kappa shape index (κ2) is 9.48. The largest absolute Gasteiger partial charge is 0.493 e. The normalized spacial score (nSPS) is 18.9. The maximum absolute atomic E-state index is 12.6. The Hall–Kier alpha value is -1.99. The predicted octanol–water partition coefficient (Wildman–Crippen LogP) is 2.23. The van der Waals surface area contributed by atoms with Crippen molar-refractivity contribution >= 4 is 30.0 Å². The molecule has 0 radical (unpaired) electrons.